The zero-order chi connectivity index (χ0) is 20.8. The summed E-state index contributed by atoms with van der Waals surface area (Å²) in [5, 5.41) is 6.34. The number of hydrogen-bond acceptors (Lipinski definition) is 2. The number of nitrogens with one attached hydrogen (secondary N) is 2. The lowest BCUT2D eigenvalue weighted by atomic mass is 9.49. The number of aryl methyl sites for hydroxylation is 1. The molecular weight excluding hydrogens is 360 g/mol. The van der Waals surface area contributed by atoms with Crippen LogP contribution in [0.5, 0.6) is 0 Å². The highest BCUT2D eigenvalue weighted by atomic mass is 16.2. The fourth-order valence-electron chi connectivity index (χ4n) is 6.67. The summed E-state index contributed by atoms with van der Waals surface area (Å²) in [7, 11) is 0. The van der Waals surface area contributed by atoms with Crippen molar-refractivity contribution in [1.29, 1.82) is 0 Å². The largest absolute Gasteiger partial charge is 0.348 e. The van der Waals surface area contributed by atoms with Crippen LogP contribution in [0.25, 0.3) is 0 Å². The molecule has 4 saturated carbocycles. The van der Waals surface area contributed by atoms with Gasteiger partial charge in [0.1, 0.15) is 6.04 Å². The molecule has 0 spiro atoms. The highest BCUT2D eigenvalue weighted by Gasteiger charge is 2.55. The molecule has 4 aliphatic carbocycles. The van der Waals surface area contributed by atoms with E-state index in [1.54, 1.807) is 0 Å². The van der Waals surface area contributed by atoms with Crippen LogP contribution in [-0.4, -0.2) is 17.9 Å². The van der Waals surface area contributed by atoms with Gasteiger partial charge in [0, 0.05) is 5.41 Å². The summed E-state index contributed by atoms with van der Waals surface area (Å²) in [5.41, 5.74) is 2.07. The van der Waals surface area contributed by atoms with Gasteiger partial charge in [-0.2, -0.15) is 0 Å². The number of hydrogen-bond donors (Lipinski definition) is 2. The maximum absolute atomic E-state index is 13.4. The standard InChI is InChI=1S/C25H36N2O2/c1-15(2)22(23(28)26-17(4)21-8-6-5-7-16(21)3)27-24(29)25-12-18-9-19(13-25)11-20(10-18)14-25/h5-8,15,17-20,22H,9-14H2,1-4H3,(H,26,28)(H,27,29). The van der Waals surface area contributed by atoms with E-state index in [1.165, 1.54) is 24.8 Å². The van der Waals surface area contributed by atoms with Crippen molar-refractivity contribution < 1.29 is 9.59 Å². The first kappa shape index (κ1) is 20.4. The van der Waals surface area contributed by atoms with Crippen LogP contribution < -0.4 is 10.6 Å². The van der Waals surface area contributed by atoms with E-state index in [0.717, 1.165) is 42.6 Å². The van der Waals surface area contributed by atoms with Crippen molar-refractivity contribution in [3.8, 4) is 0 Å². The Balaban J connectivity index is 1.44. The minimum Gasteiger partial charge on any atom is -0.348 e. The van der Waals surface area contributed by atoms with Crippen molar-refractivity contribution in [2.24, 2.45) is 29.1 Å². The fourth-order valence-corrected chi connectivity index (χ4v) is 6.67. The molecule has 4 nitrogen and oxygen atoms in total. The molecule has 2 amide bonds. The molecule has 0 aliphatic heterocycles. The second-order valence-corrected chi connectivity index (χ2v) is 10.5. The predicted molar refractivity (Wildman–Crippen MR) is 115 cm³/mol. The molecule has 2 atom stereocenters. The molecule has 0 saturated heterocycles. The van der Waals surface area contributed by atoms with Gasteiger partial charge in [-0.1, -0.05) is 38.1 Å². The Morgan fingerprint density at radius 3 is 2.00 bits per heavy atom. The highest BCUT2D eigenvalue weighted by molar-refractivity contribution is 5.90. The van der Waals surface area contributed by atoms with E-state index >= 15 is 0 Å². The molecule has 1 aromatic carbocycles. The molecular formula is C25H36N2O2. The third kappa shape index (κ3) is 3.95. The zero-order valence-corrected chi connectivity index (χ0v) is 18.3. The molecule has 4 heteroatoms. The number of carbonyl (C=O) groups excluding carboxylic acids is 2. The molecule has 4 bridgehead atoms. The first-order valence-corrected chi connectivity index (χ1v) is 11.4. The molecule has 0 heterocycles. The van der Waals surface area contributed by atoms with Crippen LogP contribution in [0, 0.1) is 36.0 Å². The van der Waals surface area contributed by atoms with E-state index in [9.17, 15) is 9.59 Å². The fraction of sp³-hybridized carbons (Fsp3) is 0.680. The Bertz CT molecular complexity index is 749. The van der Waals surface area contributed by atoms with Gasteiger partial charge in [-0.25, -0.2) is 0 Å². The van der Waals surface area contributed by atoms with Crippen molar-refractivity contribution >= 4 is 11.8 Å². The summed E-state index contributed by atoms with van der Waals surface area (Å²) >= 11 is 0. The highest BCUT2D eigenvalue weighted by Crippen LogP contribution is 2.60. The monoisotopic (exact) mass is 396 g/mol. The molecule has 158 valence electrons. The van der Waals surface area contributed by atoms with Crippen LogP contribution >= 0.6 is 0 Å². The van der Waals surface area contributed by atoms with Crippen LogP contribution in [0.15, 0.2) is 24.3 Å². The quantitative estimate of drug-likeness (QED) is 0.742. The lowest BCUT2D eigenvalue weighted by molar-refractivity contribution is -0.149. The van der Waals surface area contributed by atoms with E-state index in [-0.39, 0.29) is 29.2 Å². The second-order valence-electron chi connectivity index (χ2n) is 10.5. The Morgan fingerprint density at radius 1 is 0.931 bits per heavy atom. The van der Waals surface area contributed by atoms with E-state index in [2.05, 4.69) is 29.7 Å². The predicted octanol–water partition coefficient (Wildman–Crippen LogP) is 4.53. The van der Waals surface area contributed by atoms with Crippen molar-refractivity contribution in [1.82, 2.24) is 10.6 Å². The average molecular weight is 397 g/mol. The Labute approximate surface area is 175 Å². The van der Waals surface area contributed by atoms with Gasteiger partial charge in [-0.15, -0.1) is 0 Å². The lowest BCUT2D eigenvalue weighted by Crippen LogP contribution is -2.58. The van der Waals surface area contributed by atoms with Gasteiger partial charge in [0.2, 0.25) is 11.8 Å². The van der Waals surface area contributed by atoms with Crippen molar-refractivity contribution in [3.63, 3.8) is 0 Å². The number of amides is 2. The first-order valence-electron chi connectivity index (χ1n) is 11.4. The number of carbonyl (C=O) groups is 2. The molecule has 1 aromatic rings. The Kier molecular flexibility index (Phi) is 5.48. The smallest absolute Gasteiger partial charge is 0.243 e. The van der Waals surface area contributed by atoms with E-state index in [1.807, 2.05) is 32.9 Å². The third-order valence-corrected chi connectivity index (χ3v) is 7.77. The molecule has 2 N–H and O–H groups in total. The van der Waals surface area contributed by atoms with Gasteiger partial charge < -0.3 is 10.6 Å². The maximum Gasteiger partial charge on any atom is 0.243 e. The summed E-state index contributed by atoms with van der Waals surface area (Å²) in [4.78, 5) is 26.6. The van der Waals surface area contributed by atoms with Gasteiger partial charge in [0.15, 0.2) is 0 Å². The number of rotatable bonds is 6. The average Bonchev–Trinajstić information content (AvgIpc) is 2.64. The van der Waals surface area contributed by atoms with Crippen LogP contribution in [0.4, 0.5) is 0 Å². The molecule has 4 fully saturated rings. The van der Waals surface area contributed by atoms with Crippen LogP contribution in [0.1, 0.15) is 76.5 Å². The molecule has 5 rings (SSSR count). The summed E-state index contributed by atoms with van der Waals surface area (Å²) in [6, 6.07) is 7.56. The minimum absolute atomic E-state index is 0.0527. The molecule has 2 unspecified atom stereocenters. The van der Waals surface area contributed by atoms with Gasteiger partial charge in [-0.05, 0) is 87.2 Å². The van der Waals surface area contributed by atoms with Crippen molar-refractivity contribution in [2.45, 2.75) is 78.3 Å². The SMILES string of the molecule is Cc1ccccc1C(C)NC(=O)C(NC(=O)C12CC3CC(CC(C3)C1)C2)C(C)C. The first-order chi connectivity index (χ1) is 13.8. The molecule has 0 radical (unpaired) electrons. The van der Waals surface area contributed by atoms with Crippen molar-refractivity contribution in [2.75, 3.05) is 0 Å². The zero-order valence-electron chi connectivity index (χ0n) is 18.3. The molecule has 4 aliphatic rings. The summed E-state index contributed by atoms with van der Waals surface area (Å²) in [6.07, 6.45) is 7.02. The topological polar surface area (TPSA) is 58.2 Å². The summed E-state index contributed by atoms with van der Waals surface area (Å²) in [6.45, 7) is 8.11. The Morgan fingerprint density at radius 2 is 1.48 bits per heavy atom. The van der Waals surface area contributed by atoms with Gasteiger partial charge in [-0.3, -0.25) is 9.59 Å². The normalized spacial score (nSPS) is 32.1. The van der Waals surface area contributed by atoms with Crippen molar-refractivity contribution in [3.05, 3.63) is 35.4 Å². The maximum atomic E-state index is 13.4. The summed E-state index contributed by atoms with van der Waals surface area (Å²) < 4.78 is 0. The van der Waals surface area contributed by atoms with Gasteiger partial charge in [0.25, 0.3) is 0 Å². The van der Waals surface area contributed by atoms with E-state index < -0.39 is 6.04 Å². The van der Waals surface area contributed by atoms with E-state index in [0.29, 0.717) is 0 Å². The molecule has 29 heavy (non-hydrogen) atoms. The lowest BCUT2D eigenvalue weighted by Gasteiger charge is -2.55. The Hall–Kier alpha value is -1.84. The summed E-state index contributed by atoms with van der Waals surface area (Å²) in [5.74, 6) is 2.28. The van der Waals surface area contributed by atoms with Crippen LogP contribution in [0.2, 0.25) is 0 Å². The second kappa shape index (κ2) is 7.77. The molecule has 0 aromatic heterocycles. The van der Waals surface area contributed by atoms with Crippen LogP contribution in [0.3, 0.4) is 0 Å². The number of benzene rings is 1. The van der Waals surface area contributed by atoms with Crippen LogP contribution in [-0.2, 0) is 9.59 Å². The third-order valence-electron chi connectivity index (χ3n) is 7.77. The minimum atomic E-state index is -0.484. The van der Waals surface area contributed by atoms with E-state index in [4.69, 9.17) is 0 Å². The van der Waals surface area contributed by atoms with Gasteiger partial charge >= 0.3 is 0 Å². The van der Waals surface area contributed by atoms with Gasteiger partial charge in [0.05, 0.1) is 6.04 Å².